The molecule has 0 bridgehead atoms. The molecular weight excluding hydrogens is 258 g/mol. The van der Waals surface area contributed by atoms with Gasteiger partial charge in [-0.1, -0.05) is 44.2 Å². The molecule has 0 unspecified atom stereocenters. The van der Waals surface area contributed by atoms with Crippen molar-refractivity contribution in [1.29, 1.82) is 0 Å². The average Bonchev–Trinajstić information content (AvgIpc) is 2.52. The highest BCUT2D eigenvalue weighted by molar-refractivity contribution is 5.66. The molecule has 0 atom stereocenters. The molecule has 0 spiro atoms. The van der Waals surface area contributed by atoms with E-state index in [9.17, 15) is 0 Å². The fourth-order valence-electron chi connectivity index (χ4n) is 2.44. The molecule has 0 heterocycles. The zero-order chi connectivity index (χ0) is 15.2. The van der Waals surface area contributed by atoms with Crippen molar-refractivity contribution in [2.24, 2.45) is 0 Å². The van der Waals surface area contributed by atoms with E-state index < -0.39 is 0 Å². The van der Waals surface area contributed by atoms with Crippen molar-refractivity contribution in [1.82, 2.24) is 0 Å². The smallest absolute Gasteiger partial charge is 0.124 e. The van der Waals surface area contributed by atoms with Crippen molar-refractivity contribution < 1.29 is 4.74 Å². The molecule has 2 nitrogen and oxygen atoms in total. The van der Waals surface area contributed by atoms with E-state index in [1.54, 1.807) is 7.11 Å². The monoisotopic (exact) mass is 281 g/mol. The molecule has 0 saturated carbocycles. The van der Waals surface area contributed by atoms with Crippen LogP contribution in [0.25, 0.3) is 0 Å². The molecule has 0 radical (unpaired) electrons. The van der Waals surface area contributed by atoms with E-state index in [1.165, 1.54) is 5.56 Å². The number of hydrogen-bond acceptors (Lipinski definition) is 2. The lowest BCUT2D eigenvalue weighted by Crippen LogP contribution is -2.16. The van der Waals surface area contributed by atoms with Crippen LogP contribution in [0.5, 0.6) is 5.75 Å². The van der Waals surface area contributed by atoms with Gasteiger partial charge in [0, 0.05) is 24.0 Å². The van der Waals surface area contributed by atoms with Gasteiger partial charge in [-0.15, -0.1) is 6.58 Å². The van der Waals surface area contributed by atoms with Crippen LogP contribution >= 0.6 is 0 Å². The number of anilines is 2. The summed E-state index contributed by atoms with van der Waals surface area (Å²) in [5.74, 6) is 1.38. The number of para-hydroxylation sites is 1. The maximum Gasteiger partial charge on any atom is 0.124 e. The third-order valence-electron chi connectivity index (χ3n) is 3.53. The molecule has 2 aromatic rings. The summed E-state index contributed by atoms with van der Waals surface area (Å²) in [5.41, 5.74) is 3.49. The summed E-state index contributed by atoms with van der Waals surface area (Å²) in [7, 11) is 1.73. The molecule has 110 valence electrons. The van der Waals surface area contributed by atoms with Crippen molar-refractivity contribution >= 4 is 11.4 Å². The number of benzene rings is 2. The number of ether oxygens (including phenoxy) is 1. The highest BCUT2D eigenvalue weighted by atomic mass is 16.5. The van der Waals surface area contributed by atoms with Gasteiger partial charge in [-0.25, -0.2) is 0 Å². The first-order valence-electron chi connectivity index (χ1n) is 7.28. The van der Waals surface area contributed by atoms with Crippen LogP contribution in [-0.4, -0.2) is 13.7 Å². The Bertz CT molecular complexity index is 590. The van der Waals surface area contributed by atoms with E-state index in [-0.39, 0.29) is 0 Å². The largest absolute Gasteiger partial charge is 0.496 e. The van der Waals surface area contributed by atoms with Gasteiger partial charge in [-0.2, -0.15) is 0 Å². The van der Waals surface area contributed by atoms with Crippen LogP contribution in [-0.2, 0) is 0 Å². The topological polar surface area (TPSA) is 12.5 Å². The predicted molar refractivity (Wildman–Crippen MR) is 90.7 cm³/mol. The Morgan fingerprint density at radius 2 is 1.81 bits per heavy atom. The third kappa shape index (κ3) is 3.46. The highest BCUT2D eigenvalue weighted by Crippen LogP contribution is 2.33. The molecule has 0 aliphatic heterocycles. The molecular formula is C19H23NO. The summed E-state index contributed by atoms with van der Waals surface area (Å²) in [6.07, 6.45) is 1.91. The highest BCUT2D eigenvalue weighted by Gasteiger charge is 2.12. The first-order valence-corrected chi connectivity index (χ1v) is 7.28. The molecule has 2 rings (SSSR count). The van der Waals surface area contributed by atoms with Gasteiger partial charge >= 0.3 is 0 Å². The zero-order valence-electron chi connectivity index (χ0n) is 13.0. The SMILES string of the molecule is C=CCN(c1ccccc1)c1ccc(C(C)C)c(OC)c1. The van der Waals surface area contributed by atoms with E-state index in [0.29, 0.717) is 5.92 Å². The van der Waals surface area contributed by atoms with Crippen LogP contribution in [0.15, 0.2) is 61.2 Å². The Morgan fingerprint density at radius 3 is 2.38 bits per heavy atom. The lowest BCUT2D eigenvalue weighted by Gasteiger charge is -2.25. The van der Waals surface area contributed by atoms with E-state index in [0.717, 1.165) is 23.7 Å². The summed E-state index contributed by atoms with van der Waals surface area (Å²) >= 11 is 0. The van der Waals surface area contributed by atoms with Crippen molar-refractivity contribution in [2.45, 2.75) is 19.8 Å². The molecule has 2 aromatic carbocycles. The van der Waals surface area contributed by atoms with Crippen molar-refractivity contribution in [3.05, 3.63) is 66.7 Å². The average molecular weight is 281 g/mol. The van der Waals surface area contributed by atoms with Crippen LogP contribution in [0.4, 0.5) is 11.4 Å². The molecule has 0 fully saturated rings. The summed E-state index contributed by atoms with van der Waals surface area (Å²) < 4.78 is 5.56. The molecule has 0 amide bonds. The van der Waals surface area contributed by atoms with Gasteiger partial charge in [0.2, 0.25) is 0 Å². The Hall–Kier alpha value is -2.22. The second-order valence-corrected chi connectivity index (χ2v) is 5.32. The zero-order valence-corrected chi connectivity index (χ0v) is 13.0. The second-order valence-electron chi connectivity index (χ2n) is 5.32. The lowest BCUT2D eigenvalue weighted by molar-refractivity contribution is 0.407. The van der Waals surface area contributed by atoms with Gasteiger partial charge in [0.15, 0.2) is 0 Å². The number of rotatable bonds is 6. The van der Waals surface area contributed by atoms with Crippen molar-refractivity contribution in [3.8, 4) is 5.75 Å². The van der Waals surface area contributed by atoms with Gasteiger partial charge in [0.05, 0.1) is 7.11 Å². The van der Waals surface area contributed by atoms with E-state index in [4.69, 9.17) is 4.74 Å². The van der Waals surface area contributed by atoms with Gasteiger partial charge in [-0.3, -0.25) is 0 Å². The molecule has 2 heteroatoms. The van der Waals surface area contributed by atoms with Crippen LogP contribution in [0.2, 0.25) is 0 Å². The summed E-state index contributed by atoms with van der Waals surface area (Å²) in [4.78, 5) is 2.22. The Morgan fingerprint density at radius 1 is 1.10 bits per heavy atom. The van der Waals surface area contributed by atoms with Gasteiger partial charge in [0.25, 0.3) is 0 Å². The Balaban J connectivity index is 2.44. The van der Waals surface area contributed by atoms with Crippen LogP contribution in [0.3, 0.4) is 0 Å². The number of methoxy groups -OCH3 is 1. The van der Waals surface area contributed by atoms with Crippen molar-refractivity contribution in [3.63, 3.8) is 0 Å². The summed E-state index contributed by atoms with van der Waals surface area (Å²) in [5, 5.41) is 0. The van der Waals surface area contributed by atoms with Crippen LogP contribution < -0.4 is 9.64 Å². The number of nitrogens with zero attached hydrogens (tertiary/aromatic N) is 1. The molecule has 0 saturated heterocycles. The van der Waals surface area contributed by atoms with E-state index in [1.807, 2.05) is 24.3 Å². The third-order valence-corrected chi connectivity index (χ3v) is 3.53. The van der Waals surface area contributed by atoms with Gasteiger partial charge in [-0.05, 0) is 29.7 Å². The van der Waals surface area contributed by atoms with E-state index >= 15 is 0 Å². The Kier molecular flexibility index (Phi) is 5.04. The minimum absolute atomic E-state index is 0.443. The standard InChI is InChI=1S/C19H23NO/c1-5-13-20(16-9-7-6-8-10-16)17-11-12-18(15(2)3)19(14-17)21-4/h5-12,14-15H,1,13H2,2-4H3. The normalized spacial score (nSPS) is 10.5. The number of hydrogen-bond donors (Lipinski definition) is 0. The first kappa shape index (κ1) is 15.2. The quantitative estimate of drug-likeness (QED) is 0.679. The summed E-state index contributed by atoms with van der Waals surface area (Å²) in [6, 6.07) is 16.7. The minimum atomic E-state index is 0.443. The molecule has 21 heavy (non-hydrogen) atoms. The Labute approximate surface area is 127 Å². The van der Waals surface area contributed by atoms with Gasteiger partial charge < -0.3 is 9.64 Å². The first-order chi connectivity index (χ1) is 10.2. The molecule has 0 aliphatic rings. The lowest BCUT2D eigenvalue weighted by atomic mass is 10.0. The maximum absolute atomic E-state index is 5.56. The summed E-state index contributed by atoms with van der Waals surface area (Å²) in [6.45, 7) is 8.98. The molecule has 0 N–H and O–H groups in total. The predicted octanol–water partition coefficient (Wildman–Crippen LogP) is 5.14. The van der Waals surface area contributed by atoms with Crippen LogP contribution in [0.1, 0.15) is 25.3 Å². The van der Waals surface area contributed by atoms with E-state index in [2.05, 4.69) is 55.7 Å². The minimum Gasteiger partial charge on any atom is -0.496 e. The fraction of sp³-hybridized carbons (Fsp3) is 0.263. The van der Waals surface area contributed by atoms with Crippen LogP contribution in [0, 0.1) is 0 Å². The van der Waals surface area contributed by atoms with Gasteiger partial charge in [0.1, 0.15) is 5.75 Å². The molecule has 0 aromatic heterocycles. The van der Waals surface area contributed by atoms with Crippen molar-refractivity contribution in [2.75, 3.05) is 18.6 Å². The maximum atomic E-state index is 5.56. The molecule has 0 aliphatic carbocycles. The fourth-order valence-corrected chi connectivity index (χ4v) is 2.44. The second kappa shape index (κ2) is 6.98.